The minimum atomic E-state index is -0.664. The normalized spacial score (nSPS) is 15.0. The predicted octanol–water partition coefficient (Wildman–Crippen LogP) is 2.44. The van der Waals surface area contributed by atoms with Crippen LogP contribution in [0.25, 0.3) is 11.1 Å². The number of benzene rings is 2. The predicted molar refractivity (Wildman–Crippen MR) is 79.4 cm³/mol. The molecule has 0 unspecified atom stereocenters. The number of hydrogen-bond acceptors (Lipinski definition) is 0. The van der Waals surface area contributed by atoms with Gasteiger partial charge in [-0.05, 0) is 36.1 Å². The van der Waals surface area contributed by atoms with Crippen LogP contribution in [0.3, 0.4) is 0 Å². The molecule has 2 aromatic rings. The van der Waals surface area contributed by atoms with E-state index in [1.807, 2.05) is 0 Å². The van der Waals surface area contributed by atoms with Crippen LogP contribution in [0.2, 0.25) is 0 Å². The van der Waals surface area contributed by atoms with Crippen LogP contribution in [-0.4, -0.2) is 22.8 Å². The van der Waals surface area contributed by atoms with Crippen LogP contribution < -0.4 is 0 Å². The fourth-order valence-corrected chi connectivity index (χ4v) is 2.80. The SMILES string of the molecule is [B][B]C1([B])c2cc(C)ccc2-c2ccc(C)cc21. The molecule has 18 heavy (non-hydrogen) atoms. The molecule has 0 heterocycles. The van der Waals surface area contributed by atoms with Gasteiger partial charge < -0.3 is 0 Å². The van der Waals surface area contributed by atoms with Gasteiger partial charge in [0.1, 0.15) is 0 Å². The largest absolute Gasteiger partial charge is 0.0745 e. The Kier molecular flexibility index (Phi) is 2.48. The zero-order valence-electron chi connectivity index (χ0n) is 10.7. The highest BCUT2D eigenvalue weighted by atomic mass is 14.3. The van der Waals surface area contributed by atoms with Crippen molar-refractivity contribution >= 4 is 22.8 Å². The van der Waals surface area contributed by atoms with E-state index in [1.165, 1.54) is 22.3 Å². The molecule has 0 aliphatic heterocycles. The molecule has 0 aromatic heterocycles. The summed E-state index contributed by atoms with van der Waals surface area (Å²) in [6, 6.07) is 12.8. The summed E-state index contributed by atoms with van der Waals surface area (Å²) < 4.78 is 0. The van der Waals surface area contributed by atoms with Crippen molar-refractivity contribution in [2.45, 2.75) is 19.1 Å². The van der Waals surface area contributed by atoms with E-state index in [-0.39, 0.29) is 0 Å². The van der Waals surface area contributed by atoms with Gasteiger partial charge in [0.15, 0.2) is 0 Å². The van der Waals surface area contributed by atoms with Gasteiger partial charge in [0.25, 0.3) is 0 Å². The molecule has 0 nitrogen and oxygen atoms in total. The Labute approximate surface area is 112 Å². The second-order valence-electron chi connectivity index (χ2n) is 5.13. The molecule has 0 bridgehead atoms. The van der Waals surface area contributed by atoms with Crippen LogP contribution in [0.4, 0.5) is 0 Å². The summed E-state index contributed by atoms with van der Waals surface area (Å²) in [5, 5.41) is -0.664. The molecule has 0 fully saturated rings. The molecule has 5 radical (unpaired) electrons. The van der Waals surface area contributed by atoms with E-state index in [1.54, 1.807) is 7.17 Å². The smallest absolute Gasteiger partial charge is 0.0587 e. The van der Waals surface area contributed by atoms with E-state index in [4.69, 9.17) is 15.6 Å². The molecule has 3 rings (SSSR count). The van der Waals surface area contributed by atoms with Crippen molar-refractivity contribution in [2.75, 3.05) is 0 Å². The molecular formula is C15H12B3. The zero-order chi connectivity index (χ0) is 12.9. The second-order valence-corrected chi connectivity index (χ2v) is 5.13. The summed E-state index contributed by atoms with van der Waals surface area (Å²) in [6.07, 6.45) is 0. The van der Waals surface area contributed by atoms with Crippen LogP contribution >= 0.6 is 0 Å². The maximum atomic E-state index is 6.54. The lowest BCUT2D eigenvalue weighted by Crippen LogP contribution is -2.33. The van der Waals surface area contributed by atoms with Crippen molar-refractivity contribution in [3.63, 3.8) is 0 Å². The third-order valence-corrected chi connectivity index (χ3v) is 3.79. The number of rotatable bonds is 1. The van der Waals surface area contributed by atoms with Crippen molar-refractivity contribution < 1.29 is 0 Å². The summed E-state index contributed by atoms with van der Waals surface area (Å²) in [5.41, 5.74) is 7.00. The molecule has 2 aromatic carbocycles. The lowest BCUT2D eigenvalue weighted by Gasteiger charge is -2.27. The topological polar surface area (TPSA) is 0 Å². The first kappa shape index (κ1) is 11.7. The third kappa shape index (κ3) is 1.43. The van der Waals surface area contributed by atoms with Gasteiger partial charge in [-0.15, -0.1) is 0 Å². The molecule has 0 atom stereocenters. The van der Waals surface area contributed by atoms with Crippen molar-refractivity contribution in [3.05, 3.63) is 58.7 Å². The number of aryl methyl sites for hydroxylation is 2. The summed E-state index contributed by atoms with van der Waals surface area (Å²) >= 11 is 0. The molecule has 1 aliphatic rings. The molecule has 0 saturated heterocycles. The highest BCUT2D eigenvalue weighted by molar-refractivity contribution is 6.95. The van der Waals surface area contributed by atoms with Gasteiger partial charge in [0, 0.05) is 7.74 Å². The number of fused-ring (bicyclic) bond motifs is 3. The minimum absolute atomic E-state index is 0.664. The van der Waals surface area contributed by atoms with Crippen molar-refractivity contribution in [3.8, 4) is 11.1 Å². The first-order chi connectivity index (χ1) is 8.56. The molecule has 0 N–H and O–H groups in total. The lowest BCUT2D eigenvalue weighted by atomic mass is 9.30. The average molecular weight is 225 g/mol. The maximum absolute atomic E-state index is 6.54. The highest BCUT2D eigenvalue weighted by Crippen LogP contribution is 2.46. The van der Waals surface area contributed by atoms with Gasteiger partial charge in [-0.1, -0.05) is 52.7 Å². The summed E-state index contributed by atoms with van der Waals surface area (Å²) in [5.74, 6) is 0. The standard InChI is InChI=1S/C15H12B3/c1-9-3-5-11-12-6-4-10(2)8-14(12)15(16,18-17)13(11)7-9/h3-8H,1-2H3. The van der Waals surface area contributed by atoms with E-state index in [0.717, 1.165) is 11.1 Å². The molecule has 81 valence electrons. The third-order valence-electron chi connectivity index (χ3n) is 3.79. The first-order valence-corrected chi connectivity index (χ1v) is 6.14. The Hall–Kier alpha value is -1.37. The lowest BCUT2D eigenvalue weighted by molar-refractivity contribution is 1.07. The molecule has 0 amide bonds. The molecule has 1 aliphatic carbocycles. The van der Waals surface area contributed by atoms with E-state index < -0.39 is 5.21 Å². The maximum Gasteiger partial charge on any atom is 0.0745 e. The quantitative estimate of drug-likeness (QED) is 0.653. The Morgan fingerprint density at radius 3 is 1.72 bits per heavy atom. The van der Waals surface area contributed by atoms with E-state index in [2.05, 4.69) is 50.2 Å². The zero-order valence-corrected chi connectivity index (χ0v) is 10.7. The fraction of sp³-hybridized carbons (Fsp3) is 0.200. The van der Waals surface area contributed by atoms with Gasteiger partial charge in [0.2, 0.25) is 0 Å². The van der Waals surface area contributed by atoms with Gasteiger partial charge >= 0.3 is 0 Å². The Bertz CT molecular complexity index is 580. The monoisotopic (exact) mass is 225 g/mol. The molecule has 0 spiro atoms. The van der Waals surface area contributed by atoms with Crippen LogP contribution in [-0.2, 0) is 5.21 Å². The van der Waals surface area contributed by atoms with Crippen molar-refractivity contribution in [2.24, 2.45) is 0 Å². The van der Waals surface area contributed by atoms with Crippen LogP contribution in [0, 0.1) is 13.8 Å². The fourth-order valence-electron chi connectivity index (χ4n) is 2.80. The minimum Gasteiger partial charge on any atom is -0.0587 e. The Morgan fingerprint density at radius 1 is 0.889 bits per heavy atom. The average Bonchev–Trinajstić information content (AvgIpc) is 2.60. The van der Waals surface area contributed by atoms with Gasteiger partial charge in [-0.3, -0.25) is 0 Å². The first-order valence-electron chi connectivity index (χ1n) is 6.14. The summed E-state index contributed by atoms with van der Waals surface area (Å²) in [4.78, 5) is 0. The molecule has 0 saturated carbocycles. The number of hydrogen-bond donors (Lipinski definition) is 0. The van der Waals surface area contributed by atoms with Gasteiger partial charge in [-0.2, -0.15) is 0 Å². The van der Waals surface area contributed by atoms with Crippen LogP contribution in [0.1, 0.15) is 22.3 Å². The molecular weight excluding hydrogens is 213 g/mol. The van der Waals surface area contributed by atoms with E-state index >= 15 is 0 Å². The van der Waals surface area contributed by atoms with E-state index in [9.17, 15) is 0 Å². The summed E-state index contributed by atoms with van der Waals surface area (Å²) in [7, 11) is 14.0. The van der Waals surface area contributed by atoms with Crippen molar-refractivity contribution in [1.82, 2.24) is 0 Å². The Morgan fingerprint density at radius 2 is 1.33 bits per heavy atom. The van der Waals surface area contributed by atoms with Crippen molar-refractivity contribution in [1.29, 1.82) is 0 Å². The van der Waals surface area contributed by atoms with Crippen LogP contribution in [0.5, 0.6) is 0 Å². The van der Waals surface area contributed by atoms with E-state index in [0.29, 0.717) is 0 Å². The van der Waals surface area contributed by atoms with Crippen LogP contribution in [0.15, 0.2) is 36.4 Å². The molecule has 3 heteroatoms. The highest BCUT2D eigenvalue weighted by Gasteiger charge is 2.36. The van der Waals surface area contributed by atoms with Gasteiger partial charge in [-0.25, -0.2) is 0 Å². The Balaban J connectivity index is 2.37. The second kappa shape index (κ2) is 3.81. The summed E-state index contributed by atoms with van der Waals surface area (Å²) in [6.45, 7) is 4.15. The van der Waals surface area contributed by atoms with Gasteiger partial charge in [0.05, 0.1) is 15.0 Å².